The molecule has 1 saturated heterocycles. The van der Waals surface area contributed by atoms with Crippen molar-refractivity contribution in [3.63, 3.8) is 0 Å². The number of halogens is 1. The molecular weight excluding hydrogens is 385 g/mol. The van der Waals surface area contributed by atoms with Crippen LogP contribution in [0.2, 0.25) is 0 Å². The van der Waals surface area contributed by atoms with Gasteiger partial charge in [0.25, 0.3) is 0 Å². The number of carbonyl (C=O) groups excluding carboxylic acids is 1. The molecule has 1 fully saturated rings. The highest BCUT2D eigenvalue weighted by atomic mass is 32.2. The molecular formula is C23H26FN3OS. The number of hydrogen-bond donors (Lipinski definition) is 0. The molecule has 1 amide bonds. The van der Waals surface area contributed by atoms with Crippen LogP contribution in [0.25, 0.3) is 0 Å². The second-order valence-corrected chi connectivity index (χ2v) is 8.46. The van der Waals surface area contributed by atoms with E-state index in [1.165, 1.54) is 29.5 Å². The van der Waals surface area contributed by atoms with Crippen molar-refractivity contribution in [3.8, 4) is 0 Å². The smallest absolute Gasteiger partial charge is 0.242 e. The van der Waals surface area contributed by atoms with Crippen LogP contribution in [-0.2, 0) is 11.3 Å². The number of thioether (sulfide) groups is 1. The zero-order valence-corrected chi connectivity index (χ0v) is 17.9. The summed E-state index contributed by atoms with van der Waals surface area (Å²) in [6, 6.07) is 12.4. The molecule has 1 heterocycles. The summed E-state index contributed by atoms with van der Waals surface area (Å²) in [6.45, 7) is 6.58. The van der Waals surface area contributed by atoms with Crippen molar-refractivity contribution < 1.29 is 9.18 Å². The number of nitrogens with zero attached hydrogens (tertiary/aromatic N) is 3. The lowest BCUT2D eigenvalue weighted by molar-refractivity contribution is -0.126. The molecule has 0 N–H and O–H groups in total. The molecule has 4 nitrogen and oxygen atoms in total. The number of carbonyl (C=O) groups is 1. The van der Waals surface area contributed by atoms with E-state index in [-0.39, 0.29) is 17.0 Å². The van der Waals surface area contributed by atoms with Gasteiger partial charge in [0.2, 0.25) is 5.91 Å². The van der Waals surface area contributed by atoms with Gasteiger partial charge in [-0.25, -0.2) is 4.39 Å². The van der Waals surface area contributed by atoms with Gasteiger partial charge < -0.3 is 0 Å². The summed E-state index contributed by atoms with van der Waals surface area (Å²) < 4.78 is 13.2. The lowest BCUT2D eigenvalue weighted by Gasteiger charge is -2.16. The van der Waals surface area contributed by atoms with Crippen LogP contribution in [0.1, 0.15) is 48.4 Å². The van der Waals surface area contributed by atoms with Gasteiger partial charge in [0.1, 0.15) is 5.82 Å². The Morgan fingerprint density at radius 1 is 1.17 bits per heavy atom. The molecule has 0 bridgehead atoms. The highest BCUT2D eigenvalue weighted by Gasteiger charge is 2.37. The maximum atomic E-state index is 13.2. The zero-order valence-electron chi connectivity index (χ0n) is 17.1. The minimum Gasteiger partial charge on any atom is -0.284 e. The third-order valence-corrected chi connectivity index (χ3v) is 6.09. The van der Waals surface area contributed by atoms with Crippen LogP contribution in [0.5, 0.6) is 0 Å². The quantitative estimate of drug-likeness (QED) is 0.448. The summed E-state index contributed by atoms with van der Waals surface area (Å²) in [4.78, 5) is 14.6. The average Bonchev–Trinajstić information content (AvgIpc) is 2.98. The first-order chi connectivity index (χ1) is 14.0. The molecule has 0 saturated carbocycles. The van der Waals surface area contributed by atoms with Crippen molar-refractivity contribution in [3.05, 3.63) is 70.5 Å². The van der Waals surface area contributed by atoms with Crippen molar-refractivity contribution in [2.24, 2.45) is 10.2 Å². The monoisotopic (exact) mass is 411 g/mol. The molecule has 0 aromatic heterocycles. The van der Waals surface area contributed by atoms with Crippen molar-refractivity contribution in [2.45, 2.75) is 51.8 Å². The molecule has 0 spiro atoms. The molecule has 2 aromatic carbocycles. The maximum absolute atomic E-state index is 13.2. The largest absolute Gasteiger partial charge is 0.284 e. The molecule has 1 aliphatic rings. The van der Waals surface area contributed by atoms with Gasteiger partial charge in [-0.05, 0) is 49.1 Å². The standard InChI is InChI=1S/C23H26FN3OS/c1-4-5-6-21-22(28)27(15-18-8-11-20(24)12-9-18)23(29-21)26-25-14-19-10-7-16(2)13-17(19)3/h7-14,21H,4-6,15H2,1-3H3/b25-14-,26-23+/t21-/m0/s1. The van der Waals surface area contributed by atoms with E-state index in [1.54, 1.807) is 23.2 Å². The Morgan fingerprint density at radius 3 is 2.62 bits per heavy atom. The predicted octanol–water partition coefficient (Wildman–Crippen LogP) is 5.47. The lowest BCUT2D eigenvalue weighted by atomic mass is 10.1. The van der Waals surface area contributed by atoms with Crippen LogP contribution in [0, 0.1) is 19.7 Å². The Balaban J connectivity index is 1.81. The fraction of sp³-hybridized carbons (Fsp3) is 0.348. The van der Waals surface area contributed by atoms with Crippen LogP contribution >= 0.6 is 11.8 Å². The Morgan fingerprint density at radius 2 is 1.93 bits per heavy atom. The fourth-order valence-electron chi connectivity index (χ4n) is 3.19. The average molecular weight is 412 g/mol. The third-order valence-electron chi connectivity index (χ3n) is 4.86. The first-order valence-electron chi connectivity index (χ1n) is 9.88. The van der Waals surface area contributed by atoms with E-state index in [0.29, 0.717) is 11.7 Å². The topological polar surface area (TPSA) is 45.0 Å². The van der Waals surface area contributed by atoms with Crippen LogP contribution < -0.4 is 0 Å². The molecule has 6 heteroatoms. The molecule has 3 rings (SSSR count). The Kier molecular flexibility index (Phi) is 7.20. The summed E-state index contributed by atoms with van der Waals surface area (Å²) >= 11 is 1.47. The van der Waals surface area contributed by atoms with E-state index in [9.17, 15) is 9.18 Å². The van der Waals surface area contributed by atoms with E-state index in [2.05, 4.69) is 30.1 Å². The zero-order chi connectivity index (χ0) is 20.8. The first-order valence-corrected chi connectivity index (χ1v) is 10.8. The van der Waals surface area contributed by atoms with Gasteiger partial charge >= 0.3 is 0 Å². The van der Waals surface area contributed by atoms with E-state index >= 15 is 0 Å². The van der Waals surface area contributed by atoms with E-state index in [0.717, 1.165) is 36.0 Å². The molecule has 0 unspecified atom stereocenters. The molecule has 29 heavy (non-hydrogen) atoms. The summed E-state index contributed by atoms with van der Waals surface area (Å²) in [7, 11) is 0. The molecule has 2 aromatic rings. The normalized spacial score (nSPS) is 18.3. The number of unbranched alkanes of at least 4 members (excludes halogenated alkanes) is 1. The van der Waals surface area contributed by atoms with Gasteiger partial charge in [0.15, 0.2) is 5.17 Å². The molecule has 0 aliphatic carbocycles. The predicted molar refractivity (Wildman–Crippen MR) is 119 cm³/mol. The van der Waals surface area contributed by atoms with Crippen LogP contribution in [-0.4, -0.2) is 27.4 Å². The number of benzene rings is 2. The lowest BCUT2D eigenvalue weighted by Crippen LogP contribution is -2.31. The second kappa shape index (κ2) is 9.83. The molecule has 1 aliphatic heterocycles. The van der Waals surface area contributed by atoms with Gasteiger partial charge in [-0.15, -0.1) is 5.10 Å². The number of rotatable bonds is 7. The Labute approximate surface area is 175 Å². The minimum atomic E-state index is -0.288. The molecule has 0 radical (unpaired) electrons. The van der Waals surface area contributed by atoms with Crippen molar-refractivity contribution in [2.75, 3.05) is 0 Å². The van der Waals surface area contributed by atoms with E-state index in [4.69, 9.17) is 0 Å². The highest BCUT2D eigenvalue weighted by molar-refractivity contribution is 8.15. The summed E-state index contributed by atoms with van der Waals surface area (Å²) in [5.41, 5.74) is 4.20. The summed E-state index contributed by atoms with van der Waals surface area (Å²) in [5.74, 6) is -0.239. The van der Waals surface area contributed by atoms with E-state index in [1.807, 2.05) is 19.1 Å². The summed E-state index contributed by atoms with van der Waals surface area (Å²) in [5, 5.41) is 9.09. The number of amides is 1. The third kappa shape index (κ3) is 5.54. The number of amidine groups is 1. The fourth-order valence-corrected chi connectivity index (χ4v) is 4.33. The second-order valence-electron chi connectivity index (χ2n) is 7.29. The highest BCUT2D eigenvalue weighted by Crippen LogP contribution is 2.32. The first kappa shape index (κ1) is 21.2. The van der Waals surface area contributed by atoms with Gasteiger partial charge in [0, 0.05) is 0 Å². The minimum absolute atomic E-state index is 0.0493. The number of aryl methyl sites for hydroxylation is 2. The molecule has 152 valence electrons. The van der Waals surface area contributed by atoms with E-state index < -0.39 is 0 Å². The number of hydrogen-bond acceptors (Lipinski definition) is 4. The van der Waals surface area contributed by atoms with Crippen molar-refractivity contribution in [1.29, 1.82) is 0 Å². The molecule has 1 atom stereocenters. The van der Waals surface area contributed by atoms with Gasteiger partial charge in [-0.3, -0.25) is 9.69 Å². The van der Waals surface area contributed by atoms with Crippen LogP contribution in [0.4, 0.5) is 4.39 Å². The van der Waals surface area contributed by atoms with Crippen LogP contribution in [0.3, 0.4) is 0 Å². The van der Waals surface area contributed by atoms with Crippen molar-refractivity contribution >= 4 is 29.1 Å². The van der Waals surface area contributed by atoms with Gasteiger partial charge in [-0.1, -0.05) is 67.4 Å². The summed E-state index contributed by atoms with van der Waals surface area (Å²) in [6.07, 6.45) is 4.58. The van der Waals surface area contributed by atoms with Crippen LogP contribution in [0.15, 0.2) is 52.7 Å². The maximum Gasteiger partial charge on any atom is 0.242 e. The van der Waals surface area contributed by atoms with Crippen molar-refractivity contribution in [1.82, 2.24) is 4.90 Å². The Bertz CT molecular complexity index is 924. The Hall–Kier alpha value is -2.47. The SMILES string of the molecule is CCCC[C@@H]1S/C(=N/N=C\c2ccc(C)cc2C)N(Cc2ccc(F)cc2)C1=O. The van der Waals surface area contributed by atoms with Gasteiger partial charge in [0.05, 0.1) is 18.0 Å². The van der Waals surface area contributed by atoms with Gasteiger partial charge in [-0.2, -0.15) is 5.10 Å².